The number of carbonyl (C=O) groups is 1. The molecule has 0 aliphatic rings. The summed E-state index contributed by atoms with van der Waals surface area (Å²) in [5, 5.41) is 12.3. The van der Waals surface area contributed by atoms with Gasteiger partial charge in [-0.2, -0.15) is 0 Å². The predicted octanol–water partition coefficient (Wildman–Crippen LogP) is 2.64. The number of imidazole rings is 1. The minimum atomic E-state index is -0.868. The van der Waals surface area contributed by atoms with E-state index in [0.29, 0.717) is 5.95 Å². The van der Waals surface area contributed by atoms with Gasteiger partial charge in [0.25, 0.3) is 0 Å². The first-order chi connectivity index (χ1) is 9.01. The summed E-state index contributed by atoms with van der Waals surface area (Å²) in [6, 6.07) is 6.11. The Kier molecular flexibility index (Phi) is 3.74. The normalized spacial score (nSPS) is 12.6. The Morgan fingerprint density at radius 2 is 2.26 bits per heavy atom. The van der Waals surface area contributed by atoms with Gasteiger partial charge in [0, 0.05) is 6.04 Å². The van der Waals surface area contributed by atoms with Crippen molar-refractivity contribution >= 4 is 23.0 Å². The van der Waals surface area contributed by atoms with Crippen LogP contribution in [-0.4, -0.2) is 26.7 Å². The average Bonchev–Trinajstić information content (AvgIpc) is 2.65. The number of aromatic nitrogens is 2. The fourth-order valence-electron chi connectivity index (χ4n) is 1.97. The number of nitrogens with zero attached hydrogens (tertiary/aromatic N) is 2. The van der Waals surface area contributed by atoms with Crippen molar-refractivity contribution in [2.45, 2.75) is 39.8 Å². The highest BCUT2D eigenvalue weighted by Crippen LogP contribution is 2.21. The first kappa shape index (κ1) is 13.4. The number of aryl methyl sites for hydroxylation is 1. The second-order valence-corrected chi connectivity index (χ2v) is 4.86. The third-order valence-electron chi connectivity index (χ3n) is 3.18. The van der Waals surface area contributed by atoms with Gasteiger partial charge in [-0.1, -0.05) is 13.0 Å². The Balaban J connectivity index is 2.50. The van der Waals surface area contributed by atoms with Crippen molar-refractivity contribution in [1.29, 1.82) is 0 Å². The molecule has 0 saturated heterocycles. The Labute approximate surface area is 112 Å². The van der Waals surface area contributed by atoms with Gasteiger partial charge >= 0.3 is 5.97 Å². The number of aliphatic carboxylic acids is 1. The minimum absolute atomic E-state index is 0.0850. The molecule has 0 bridgehead atoms. The summed E-state index contributed by atoms with van der Waals surface area (Å²) in [6.45, 7) is 6.04. The van der Waals surface area contributed by atoms with Crippen LogP contribution in [0.4, 0.5) is 5.95 Å². The van der Waals surface area contributed by atoms with E-state index >= 15 is 0 Å². The molecule has 0 fully saturated rings. The van der Waals surface area contributed by atoms with Gasteiger partial charge in [-0.15, -0.1) is 0 Å². The lowest BCUT2D eigenvalue weighted by Crippen LogP contribution is -2.19. The molecule has 102 valence electrons. The molecule has 5 heteroatoms. The smallest absolute Gasteiger partial charge is 0.323 e. The summed E-state index contributed by atoms with van der Waals surface area (Å²) in [5.41, 5.74) is 2.79. The van der Waals surface area contributed by atoms with E-state index in [4.69, 9.17) is 5.11 Å². The second kappa shape index (κ2) is 5.30. The number of fused-ring (bicyclic) bond motifs is 1. The monoisotopic (exact) mass is 261 g/mol. The minimum Gasteiger partial charge on any atom is -0.480 e. The summed E-state index contributed by atoms with van der Waals surface area (Å²) in [5.74, 6) is -0.246. The van der Waals surface area contributed by atoms with E-state index in [-0.39, 0.29) is 12.6 Å². The highest BCUT2D eigenvalue weighted by Gasteiger charge is 2.14. The van der Waals surface area contributed by atoms with Crippen LogP contribution in [0.3, 0.4) is 0 Å². The van der Waals surface area contributed by atoms with Crippen LogP contribution in [0.25, 0.3) is 11.0 Å². The Hall–Kier alpha value is -2.04. The molecular weight excluding hydrogens is 242 g/mol. The van der Waals surface area contributed by atoms with Crippen molar-refractivity contribution in [2.75, 3.05) is 5.32 Å². The number of carboxylic acids is 1. The van der Waals surface area contributed by atoms with Gasteiger partial charge in [-0.3, -0.25) is 9.36 Å². The average molecular weight is 261 g/mol. The Bertz CT molecular complexity index is 604. The molecule has 0 aliphatic carbocycles. The molecular formula is C14H19N3O2. The van der Waals surface area contributed by atoms with E-state index in [1.807, 2.05) is 25.1 Å². The first-order valence-electron chi connectivity index (χ1n) is 6.46. The molecule has 0 radical (unpaired) electrons. The Morgan fingerprint density at radius 1 is 1.53 bits per heavy atom. The van der Waals surface area contributed by atoms with E-state index in [1.54, 1.807) is 4.57 Å². The van der Waals surface area contributed by atoms with Crippen LogP contribution in [0.2, 0.25) is 0 Å². The molecule has 1 unspecified atom stereocenters. The van der Waals surface area contributed by atoms with Crippen LogP contribution in [0, 0.1) is 6.92 Å². The number of nitrogens with one attached hydrogen (secondary N) is 1. The van der Waals surface area contributed by atoms with Crippen LogP contribution in [0.15, 0.2) is 18.2 Å². The van der Waals surface area contributed by atoms with Gasteiger partial charge in [0.2, 0.25) is 5.95 Å². The highest BCUT2D eigenvalue weighted by atomic mass is 16.4. The van der Waals surface area contributed by atoms with Crippen LogP contribution in [0.1, 0.15) is 25.8 Å². The van der Waals surface area contributed by atoms with E-state index in [2.05, 4.69) is 24.1 Å². The zero-order chi connectivity index (χ0) is 14.0. The molecule has 2 rings (SSSR count). The van der Waals surface area contributed by atoms with Gasteiger partial charge in [0.05, 0.1) is 11.0 Å². The number of hydrogen-bond acceptors (Lipinski definition) is 3. The van der Waals surface area contributed by atoms with Crippen molar-refractivity contribution in [1.82, 2.24) is 9.55 Å². The van der Waals surface area contributed by atoms with E-state index in [9.17, 15) is 4.79 Å². The number of anilines is 1. The molecule has 1 atom stereocenters. The number of carboxylic acid groups (broad SMARTS) is 1. The van der Waals surface area contributed by atoms with Gasteiger partial charge in [-0.05, 0) is 38.0 Å². The summed E-state index contributed by atoms with van der Waals surface area (Å²) in [7, 11) is 0. The standard InChI is InChI=1S/C14H19N3O2/c1-4-10(3)15-14-16-11-7-9(2)5-6-12(11)17(14)8-13(18)19/h5-7,10H,4,8H2,1-3H3,(H,15,16)(H,18,19). The second-order valence-electron chi connectivity index (χ2n) is 4.86. The van der Waals surface area contributed by atoms with Crippen LogP contribution < -0.4 is 5.32 Å². The molecule has 1 aromatic heterocycles. The van der Waals surface area contributed by atoms with E-state index in [0.717, 1.165) is 23.0 Å². The quantitative estimate of drug-likeness (QED) is 0.868. The SMILES string of the molecule is CCC(C)Nc1nc2cc(C)ccc2n1CC(=O)O. The zero-order valence-corrected chi connectivity index (χ0v) is 11.5. The van der Waals surface area contributed by atoms with Crippen LogP contribution >= 0.6 is 0 Å². The molecule has 1 aromatic carbocycles. The van der Waals surface area contributed by atoms with Crippen LogP contribution in [0.5, 0.6) is 0 Å². The molecule has 0 amide bonds. The molecule has 0 saturated carbocycles. The van der Waals surface area contributed by atoms with Crippen LogP contribution in [-0.2, 0) is 11.3 Å². The summed E-state index contributed by atoms with van der Waals surface area (Å²) in [4.78, 5) is 15.5. The largest absolute Gasteiger partial charge is 0.480 e. The number of hydrogen-bond donors (Lipinski definition) is 2. The molecule has 2 N–H and O–H groups in total. The number of benzene rings is 1. The maximum Gasteiger partial charge on any atom is 0.323 e. The lowest BCUT2D eigenvalue weighted by atomic mass is 10.2. The van der Waals surface area contributed by atoms with Crippen molar-refractivity contribution in [3.05, 3.63) is 23.8 Å². The van der Waals surface area contributed by atoms with Crippen molar-refractivity contribution < 1.29 is 9.90 Å². The molecule has 2 aromatic rings. The lowest BCUT2D eigenvalue weighted by molar-refractivity contribution is -0.137. The van der Waals surface area contributed by atoms with Gasteiger partial charge in [0.15, 0.2) is 0 Å². The number of rotatable bonds is 5. The molecule has 0 aliphatic heterocycles. The fourth-order valence-corrected chi connectivity index (χ4v) is 1.97. The summed E-state index contributed by atoms with van der Waals surface area (Å²) in [6.07, 6.45) is 0.954. The van der Waals surface area contributed by atoms with Gasteiger partial charge in [0.1, 0.15) is 6.54 Å². The predicted molar refractivity (Wildman–Crippen MR) is 75.5 cm³/mol. The fraction of sp³-hybridized carbons (Fsp3) is 0.429. The topological polar surface area (TPSA) is 67.2 Å². The molecule has 1 heterocycles. The van der Waals surface area contributed by atoms with Gasteiger partial charge in [-0.25, -0.2) is 4.98 Å². The molecule has 5 nitrogen and oxygen atoms in total. The lowest BCUT2D eigenvalue weighted by Gasteiger charge is -2.13. The summed E-state index contributed by atoms with van der Waals surface area (Å²) < 4.78 is 1.71. The van der Waals surface area contributed by atoms with Gasteiger partial charge < -0.3 is 10.4 Å². The summed E-state index contributed by atoms with van der Waals surface area (Å²) >= 11 is 0. The van der Waals surface area contributed by atoms with Crippen molar-refractivity contribution in [2.24, 2.45) is 0 Å². The third kappa shape index (κ3) is 2.86. The van der Waals surface area contributed by atoms with Crippen molar-refractivity contribution in [3.63, 3.8) is 0 Å². The molecule has 0 spiro atoms. The first-order valence-corrected chi connectivity index (χ1v) is 6.46. The Morgan fingerprint density at radius 3 is 2.89 bits per heavy atom. The van der Waals surface area contributed by atoms with E-state index < -0.39 is 5.97 Å². The third-order valence-corrected chi connectivity index (χ3v) is 3.18. The van der Waals surface area contributed by atoms with Crippen molar-refractivity contribution in [3.8, 4) is 0 Å². The zero-order valence-electron chi connectivity index (χ0n) is 11.5. The molecule has 19 heavy (non-hydrogen) atoms. The highest BCUT2D eigenvalue weighted by molar-refractivity contribution is 5.81. The maximum absolute atomic E-state index is 11.0. The van der Waals surface area contributed by atoms with E-state index in [1.165, 1.54) is 0 Å². The maximum atomic E-state index is 11.0.